The lowest BCUT2D eigenvalue weighted by atomic mass is 10.1. The van der Waals surface area contributed by atoms with Gasteiger partial charge in [0.2, 0.25) is 6.79 Å². The Morgan fingerprint density at radius 3 is 2.66 bits per heavy atom. The summed E-state index contributed by atoms with van der Waals surface area (Å²) in [6.45, 7) is 7.18. The van der Waals surface area contributed by atoms with Crippen LogP contribution in [0.3, 0.4) is 0 Å². The molecule has 0 saturated heterocycles. The standard InChI is InChI=1S/C22H28N2O5/c1-22(2,3)24-20(25)13-27-21-16(6-5-7-18(21)26-4)12-23-11-15-8-9-17-19(10-15)29-14-28-17/h5-10,23H,11-14H2,1-4H3,(H,24,25). The molecule has 29 heavy (non-hydrogen) atoms. The van der Waals surface area contributed by atoms with Crippen molar-refractivity contribution in [2.45, 2.75) is 39.4 Å². The van der Waals surface area contributed by atoms with E-state index < -0.39 is 0 Å². The molecule has 3 rings (SSSR count). The number of hydrogen-bond donors (Lipinski definition) is 2. The van der Waals surface area contributed by atoms with Crippen LogP contribution in [0, 0.1) is 0 Å². The van der Waals surface area contributed by atoms with Gasteiger partial charge in [-0.2, -0.15) is 0 Å². The maximum atomic E-state index is 12.1. The summed E-state index contributed by atoms with van der Waals surface area (Å²) in [6.07, 6.45) is 0. The van der Waals surface area contributed by atoms with E-state index in [1.165, 1.54) is 0 Å². The molecule has 2 aromatic rings. The molecule has 0 saturated carbocycles. The average molecular weight is 400 g/mol. The van der Waals surface area contributed by atoms with Crippen molar-refractivity contribution in [1.29, 1.82) is 0 Å². The zero-order valence-electron chi connectivity index (χ0n) is 17.3. The van der Waals surface area contributed by atoms with Crippen LogP contribution >= 0.6 is 0 Å². The Labute approximate surface area is 171 Å². The minimum atomic E-state index is -0.309. The maximum absolute atomic E-state index is 12.1. The first kappa shape index (κ1) is 20.8. The molecule has 0 aliphatic carbocycles. The second-order valence-electron chi connectivity index (χ2n) is 7.83. The molecule has 0 unspecified atom stereocenters. The van der Waals surface area contributed by atoms with Crippen LogP contribution in [-0.2, 0) is 17.9 Å². The van der Waals surface area contributed by atoms with Crippen LogP contribution < -0.4 is 29.6 Å². The number of carbonyl (C=O) groups is 1. The van der Waals surface area contributed by atoms with Gasteiger partial charge in [-0.3, -0.25) is 4.79 Å². The summed E-state index contributed by atoms with van der Waals surface area (Å²) in [5.41, 5.74) is 1.69. The molecule has 0 spiro atoms. The number of carbonyl (C=O) groups excluding carboxylic acids is 1. The van der Waals surface area contributed by atoms with E-state index in [2.05, 4.69) is 10.6 Å². The molecule has 1 aliphatic heterocycles. The number of ether oxygens (including phenoxy) is 4. The van der Waals surface area contributed by atoms with Gasteiger partial charge in [0.15, 0.2) is 29.6 Å². The van der Waals surface area contributed by atoms with Crippen molar-refractivity contribution in [3.63, 3.8) is 0 Å². The smallest absolute Gasteiger partial charge is 0.258 e. The first-order valence-electron chi connectivity index (χ1n) is 9.54. The summed E-state index contributed by atoms with van der Waals surface area (Å²) in [6, 6.07) is 11.5. The third-order valence-corrected chi connectivity index (χ3v) is 4.22. The van der Waals surface area contributed by atoms with E-state index >= 15 is 0 Å². The number of para-hydroxylation sites is 1. The van der Waals surface area contributed by atoms with E-state index in [4.69, 9.17) is 18.9 Å². The molecule has 156 valence electrons. The van der Waals surface area contributed by atoms with Crippen LogP contribution in [0.5, 0.6) is 23.0 Å². The molecule has 7 nitrogen and oxygen atoms in total. The Hall–Kier alpha value is -2.93. The van der Waals surface area contributed by atoms with E-state index in [9.17, 15) is 4.79 Å². The largest absolute Gasteiger partial charge is 0.493 e. The van der Waals surface area contributed by atoms with Gasteiger partial charge in [0.05, 0.1) is 7.11 Å². The number of amides is 1. The molecule has 2 aromatic carbocycles. The third kappa shape index (κ3) is 5.77. The van der Waals surface area contributed by atoms with Crippen molar-refractivity contribution in [2.24, 2.45) is 0 Å². The van der Waals surface area contributed by atoms with Gasteiger partial charge in [-0.25, -0.2) is 0 Å². The molecule has 1 amide bonds. The number of rotatable bonds is 8. The Morgan fingerprint density at radius 2 is 1.90 bits per heavy atom. The molecule has 1 heterocycles. The molecule has 0 bridgehead atoms. The van der Waals surface area contributed by atoms with Crippen LogP contribution in [0.1, 0.15) is 31.9 Å². The second kappa shape index (κ2) is 9.05. The molecule has 0 fully saturated rings. The first-order chi connectivity index (χ1) is 13.9. The highest BCUT2D eigenvalue weighted by molar-refractivity contribution is 5.78. The Bertz CT molecular complexity index is 861. The van der Waals surface area contributed by atoms with Gasteiger partial charge in [0, 0.05) is 24.2 Å². The van der Waals surface area contributed by atoms with Gasteiger partial charge in [-0.15, -0.1) is 0 Å². The second-order valence-corrected chi connectivity index (χ2v) is 7.83. The minimum Gasteiger partial charge on any atom is -0.493 e. The van der Waals surface area contributed by atoms with Gasteiger partial charge in [-0.1, -0.05) is 18.2 Å². The summed E-state index contributed by atoms with van der Waals surface area (Å²) in [5, 5.41) is 6.28. The highest BCUT2D eigenvalue weighted by Crippen LogP contribution is 2.33. The normalized spacial score (nSPS) is 12.6. The molecular formula is C22H28N2O5. The summed E-state index contributed by atoms with van der Waals surface area (Å²) in [4.78, 5) is 12.1. The number of hydrogen-bond acceptors (Lipinski definition) is 6. The summed E-state index contributed by atoms with van der Waals surface area (Å²) in [7, 11) is 1.58. The number of nitrogens with one attached hydrogen (secondary N) is 2. The molecule has 0 radical (unpaired) electrons. The van der Waals surface area contributed by atoms with Crippen LogP contribution in [0.25, 0.3) is 0 Å². The topological polar surface area (TPSA) is 78.1 Å². The lowest BCUT2D eigenvalue weighted by molar-refractivity contribution is -0.124. The highest BCUT2D eigenvalue weighted by Gasteiger charge is 2.17. The molecule has 2 N–H and O–H groups in total. The van der Waals surface area contributed by atoms with E-state index in [-0.39, 0.29) is 24.8 Å². The van der Waals surface area contributed by atoms with E-state index in [1.807, 2.05) is 57.2 Å². The summed E-state index contributed by atoms with van der Waals surface area (Å²) in [5.74, 6) is 2.51. The average Bonchev–Trinajstić information content (AvgIpc) is 3.13. The first-order valence-corrected chi connectivity index (χ1v) is 9.54. The number of methoxy groups -OCH3 is 1. The van der Waals surface area contributed by atoms with Crippen LogP contribution in [0.4, 0.5) is 0 Å². The lowest BCUT2D eigenvalue weighted by Crippen LogP contribution is -2.43. The minimum absolute atomic E-state index is 0.0766. The maximum Gasteiger partial charge on any atom is 0.258 e. The van der Waals surface area contributed by atoms with E-state index in [0.29, 0.717) is 24.6 Å². The molecular weight excluding hydrogens is 372 g/mol. The number of benzene rings is 2. The molecule has 1 aliphatic rings. The zero-order chi connectivity index (χ0) is 20.9. The van der Waals surface area contributed by atoms with Crippen molar-refractivity contribution in [3.05, 3.63) is 47.5 Å². The van der Waals surface area contributed by atoms with Crippen molar-refractivity contribution in [3.8, 4) is 23.0 Å². The van der Waals surface area contributed by atoms with E-state index in [1.54, 1.807) is 7.11 Å². The predicted octanol–water partition coefficient (Wildman–Crippen LogP) is 3.01. The Morgan fingerprint density at radius 1 is 1.10 bits per heavy atom. The quantitative estimate of drug-likeness (QED) is 0.709. The fraction of sp³-hybridized carbons (Fsp3) is 0.409. The van der Waals surface area contributed by atoms with Gasteiger partial charge < -0.3 is 29.6 Å². The fourth-order valence-corrected chi connectivity index (χ4v) is 3.01. The summed E-state index contributed by atoms with van der Waals surface area (Å²) >= 11 is 0. The van der Waals surface area contributed by atoms with Crippen LogP contribution in [0.2, 0.25) is 0 Å². The van der Waals surface area contributed by atoms with Crippen molar-refractivity contribution in [2.75, 3.05) is 20.5 Å². The Kier molecular flexibility index (Phi) is 6.49. The van der Waals surface area contributed by atoms with Crippen molar-refractivity contribution in [1.82, 2.24) is 10.6 Å². The van der Waals surface area contributed by atoms with Crippen molar-refractivity contribution < 1.29 is 23.7 Å². The Balaban J connectivity index is 1.62. The molecule has 0 atom stereocenters. The van der Waals surface area contributed by atoms with Gasteiger partial charge in [-0.05, 0) is 44.5 Å². The number of fused-ring (bicyclic) bond motifs is 1. The van der Waals surface area contributed by atoms with Gasteiger partial charge in [0.25, 0.3) is 5.91 Å². The highest BCUT2D eigenvalue weighted by atomic mass is 16.7. The van der Waals surface area contributed by atoms with Crippen molar-refractivity contribution >= 4 is 5.91 Å². The zero-order valence-corrected chi connectivity index (χ0v) is 17.3. The lowest BCUT2D eigenvalue weighted by Gasteiger charge is -2.21. The van der Waals surface area contributed by atoms with E-state index in [0.717, 1.165) is 22.6 Å². The third-order valence-electron chi connectivity index (χ3n) is 4.22. The van der Waals surface area contributed by atoms with Gasteiger partial charge >= 0.3 is 0 Å². The SMILES string of the molecule is COc1cccc(CNCc2ccc3c(c2)OCO3)c1OCC(=O)NC(C)(C)C. The monoisotopic (exact) mass is 400 g/mol. The summed E-state index contributed by atoms with van der Waals surface area (Å²) < 4.78 is 22.0. The van der Waals surface area contributed by atoms with Crippen LogP contribution in [0.15, 0.2) is 36.4 Å². The molecule has 7 heteroatoms. The fourth-order valence-electron chi connectivity index (χ4n) is 3.01. The molecule has 0 aromatic heterocycles. The predicted molar refractivity (Wildman–Crippen MR) is 109 cm³/mol. The van der Waals surface area contributed by atoms with Crippen LogP contribution in [-0.4, -0.2) is 32.0 Å². The van der Waals surface area contributed by atoms with Gasteiger partial charge in [0.1, 0.15) is 0 Å².